The number of nitro groups is 1. The smallest absolute Gasteiger partial charge is 0.270 e. The van der Waals surface area contributed by atoms with Gasteiger partial charge in [-0.25, -0.2) is 0 Å². The molecule has 0 spiro atoms. The fourth-order valence-corrected chi connectivity index (χ4v) is 2.37. The van der Waals surface area contributed by atoms with Crippen molar-refractivity contribution in [3.05, 3.63) is 38.9 Å². The van der Waals surface area contributed by atoms with Gasteiger partial charge in [0.05, 0.1) is 9.95 Å². The van der Waals surface area contributed by atoms with E-state index in [0.717, 1.165) is 24.9 Å². The summed E-state index contributed by atoms with van der Waals surface area (Å²) in [5.41, 5.74) is 1.01. The van der Waals surface area contributed by atoms with Crippen LogP contribution in [0.25, 0.3) is 0 Å². The molecule has 1 aromatic rings. The summed E-state index contributed by atoms with van der Waals surface area (Å²) in [4.78, 5) is 10.2. The minimum atomic E-state index is -0.425. The Balaban J connectivity index is 2.69. The van der Waals surface area contributed by atoms with Crippen LogP contribution in [-0.2, 0) is 6.42 Å². The molecule has 0 aliphatic carbocycles. The van der Waals surface area contributed by atoms with Crippen molar-refractivity contribution in [1.82, 2.24) is 5.32 Å². The topological polar surface area (TPSA) is 55.2 Å². The Bertz CT molecular complexity index is 435. The monoisotopic (exact) mass is 284 g/mol. The molecule has 0 aliphatic heterocycles. The molecule has 1 atom stereocenters. The molecule has 4 nitrogen and oxygen atoms in total. The lowest BCUT2D eigenvalue weighted by molar-refractivity contribution is -0.384. The molecule has 19 heavy (non-hydrogen) atoms. The molecule has 0 fully saturated rings. The molecule has 0 saturated heterocycles. The first-order valence-electron chi connectivity index (χ1n) is 6.61. The lowest BCUT2D eigenvalue weighted by Crippen LogP contribution is -2.34. The molecule has 0 radical (unpaired) electrons. The molecule has 0 heterocycles. The van der Waals surface area contributed by atoms with Crippen LogP contribution >= 0.6 is 11.6 Å². The molecule has 0 saturated carbocycles. The van der Waals surface area contributed by atoms with Crippen LogP contribution in [0.1, 0.15) is 32.8 Å². The highest BCUT2D eigenvalue weighted by atomic mass is 35.5. The van der Waals surface area contributed by atoms with Crippen molar-refractivity contribution < 1.29 is 4.92 Å². The molecule has 106 valence electrons. The first kappa shape index (κ1) is 15.9. The SMILES string of the molecule is CCNC(CCc1ccc([N+](=O)[O-])cc1Cl)C(C)C. The van der Waals surface area contributed by atoms with E-state index in [-0.39, 0.29) is 5.69 Å². The van der Waals surface area contributed by atoms with Crippen LogP contribution in [-0.4, -0.2) is 17.5 Å². The number of hydrogen-bond acceptors (Lipinski definition) is 3. The van der Waals surface area contributed by atoms with Crippen molar-refractivity contribution in [2.24, 2.45) is 5.92 Å². The van der Waals surface area contributed by atoms with Crippen LogP contribution in [0.5, 0.6) is 0 Å². The van der Waals surface area contributed by atoms with E-state index < -0.39 is 4.92 Å². The summed E-state index contributed by atoms with van der Waals surface area (Å²) in [6.07, 6.45) is 1.80. The average Bonchev–Trinajstić information content (AvgIpc) is 2.35. The van der Waals surface area contributed by atoms with Crippen molar-refractivity contribution in [1.29, 1.82) is 0 Å². The first-order chi connectivity index (χ1) is 8.95. The molecule has 1 aromatic carbocycles. The van der Waals surface area contributed by atoms with Gasteiger partial charge in [-0.1, -0.05) is 38.4 Å². The number of nitrogens with zero attached hydrogens (tertiary/aromatic N) is 1. The van der Waals surface area contributed by atoms with Gasteiger partial charge in [-0.05, 0) is 30.9 Å². The third kappa shape index (κ3) is 4.80. The van der Waals surface area contributed by atoms with Gasteiger partial charge >= 0.3 is 0 Å². The molecule has 5 heteroatoms. The van der Waals surface area contributed by atoms with E-state index in [2.05, 4.69) is 26.1 Å². The Morgan fingerprint density at radius 1 is 1.42 bits per heavy atom. The third-order valence-corrected chi connectivity index (χ3v) is 3.60. The van der Waals surface area contributed by atoms with E-state index in [1.54, 1.807) is 6.07 Å². The minimum absolute atomic E-state index is 0.0424. The number of aryl methyl sites for hydroxylation is 1. The van der Waals surface area contributed by atoms with Gasteiger partial charge in [0.2, 0.25) is 0 Å². The summed E-state index contributed by atoms with van der Waals surface area (Å²) in [5.74, 6) is 0.553. The second-order valence-electron chi connectivity index (χ2n) is 4.98. The highest BCUT2D eigenvalue weighted by Gasteiger charge is 2.14. The van der Waals surface area contributed by atoms with Crippen LogP contribution in [0.4, 0.5) is 5.69 Å². The van der Waals surface area contributed by atoms with Gasteiger partial charge in [0.25, 0.3) is 5.69 Å². The van der Waals surface area contributed by atoms with Crippen molar-refractivity contribution in [2.75, 3.05) is 6.54 Å². The normalized spacial score (nSPS) is 12.7. The summed E-state index contributed by atoms with van der Waals surface area (Å²) in [6, 6.07) is 5.13. The second-order valence-corrected chi connectivity index (χ2v) is 5.39. The predicted octanol–water partition coefficient (Wildman–Crippen LogP) is 3.81. The quantitative estimate of drug-likeness (QED) is 0.612. The van der Waals surface area contributed by atoms with Crippen molar-refractivity contribution in [3.8, 4) is 0 Å². The molecule has 1 unspecified atom stereocenters. The fraction of sp³-hybridized carbons (Fsp3) is 0.571. The lowest BCUT2D eigenvalue weighted by atomic mass is 9.96. The Hall–Kier alpha value is -1.13. The van der Waals surface area contributed by atoms with Gasteiger partial charge in [0, 0.05) is 18.2 Å². The molecule has 0 amide bonds. The largest absolute Gasteiger partial charge is 0.314 e. The van der Waals surface area contributed by atoms with Gasteiger partial charge in [0.15, 0.2) is 0 Å². The van der Waals surface area contributed by atoms with Crippen molar-refractivity contribution >= 4 is 17.3 Å². The maximum absolute atomic E-state index is 10.6. The zero-order valence-electron chi connectivity index (χ0n) is 11.6. The molecular formula is C14H21ClN2O2. The zero-order chi connectivity index (χ0) is 14.4. The Labute approximate surface area is 119 Å². The van der Waals surface area contributed by atoms with Crippen LogP contribution in [0.2, 0.25) is 5.02 Å². The Kier molecular flexibility index (Phi) is 6.25. The number of nitro benzene ring substituents is 1. The standard InChI is InChI=1S/C14H21ClN2O2/c1-4-16-14(10(2)3)8-6-11-5-7-12(17(18)19)9-13(11)15/h5,7,9-10,14,16H,4,6,8H2,1-3H3. The summed E-state index contributed by atoms with van der Waals surface area (Å²) in [5, 5.41) is 14.6. The molecule has 0 aliphatic rings. The van der Waals surface area contributed by atoms with E-state index in [0.29, 0.717) is 17.0 Å². The molecule has 0 aromatic heterocycles. The Morgan fingerprint density at radius 2 is 2.11 bits per heavy atom. The van der Waals surface area contributed by atoms with Gasteiger partial charge < -0.3 is 5.32 Å². The van der Waals surface area contributed by atoms with Crippen LogP contribution < -0.4 is 5.32 Å². The molecule has 1 rings (SSSR count). The van der Waals surface area contributed by atoms with Crippen LogP contribution in [0, 0.1) is 16.0 Å². The summed E-state index contributed by atoms with van der Waals surface area (Å²) in [6.45, 7) is 7.40. The Morgan fingerprint density at radius 3 is 2.58 bits per heavy atom. The number of halogens is 1. The summed E-state index contributed by atoms with van der Waals surface area (Å²) >= 11 is 6.09. The molecule has 0 bridgehead atoms. The van der Waals surface area contributed by atoms with Crippen LogP contribution in [0.15, 0.2) is 18.2 Å². The van der Waals surface area contributed by atoms with E-state index in [4.69, 9.17) is 11.6 Å². The number of benzene rings is 1. The van der Waals surface area contributed by atoms with Crippen molar-refractivity contribution in [2.45, 2.75) is 39.7 Å². The molecule has 1 N–H and O–H groups in total. The van der Waals surface area contributed by atoms with E-state index in [1.165, 1.54) is 12.1 Å². The number of non-ortho nitro benzene ring substituents is 1. The maximum Gasteiger partial charge on any atom is 0.270 e. The summed E-state index contributed by atoms with van der Waals surface area (Å²) in [7, 11) is 0. The fourth-order valence-electron chi connectivity index (χ4n) is 2.10. The van der Waals surface area contributed by atoms with E-state index >= 15 is 0 Å². The lowest BCUT2D eigenvalue weighted by Gasteiger charge is -2.21. The average molecular weight is 285 g/mol. The molecular weight excluding hydrogens is 264 g/mol. The number of nitrogens with one attached hydrogen (secondary N) is 1. The minimum Gasteiger partial charge on any atom is -0.314 e. The predicted molar refractivity (Wildman–Crippen MR) is 78.7 cm³/mol. The highest BCUT2D eigenvalue weighted by Crippen LogP contribution is 2.24. The van der Waals surface area contributed by atoms with Gasteiger partial charge in [-0.2, -0.15) is 0 Å². The highest BCUT2D eigenvalue weighted by molar-refractivity contribution is 6.31. The maximum atomic E-state index is 10.6. The van der Waals surface area contributed by atoms with E-state index in [9.17, 15) is 10.1 Å². The number of hydrogen-bond donors (Lipinski definition) is 1. The van der Waals surface area contributed by atoms with Gasteiger partial charge in [-0.3, -0.25) is 10.1 Å². The summed E-state index contributed by atoms with van der Waals surface area (Å²) < 4.78 is 0. The van der Waals surface area contributed by atoms with Crippen LogP contribution in [0.3, 0.4) is 0 Å². The zero-order valence-corrected chi connectivity index (χ0v) is 12.4. The van der Waals surface area contributed by atoms with Crippen molar-refractivity contribution in [3.63, 3.8) is 0 Å². The van der Waals surface area contributed by atoms with E-state index in [1.807, 2.05) is 0 Å². The van der Waals surface area contributed by atoms with Gasteiger partial charge in [-0.15, -0.1) is 0 Å². The third-order valence-electron chi connectivity index (χ3n) is 3.24. The second kappa shape index (κ2) is 7.46. The number of rotatable bonds is 7. The first-order valence-corrected chi connectivity index (χ1v) is 6.99. The van der Waals surface area contributed by atoms with Gasteiger partial charge in [0.1, 0.15) is 0 Å².